The van der Waals surface area contributed by atoms with E-state index in [1.165, 1.54) is 111 Å². The fourth-order valence-electron chi connectivity index (χ4n) is 11.8. The number of nitrogens with one attached hydrogen (secondary N) is 1. The predicted octanol–water partition coefficient (Wildman–Crippen LogP) is 18.1. The maximum Gasteiger partial charge on any atom is 0.0719 e. The van der Waals surface area contributed by atoms with E-state index in [2.05, 4.69) is 245 Å². The van der Waals surface area contributed by atoms with E-state index < -0.39 is 5.41 Å². The van der Waals surface area contributed by atoms with Gasteiger partial charge in [-0.25, -0.2) is 0 Å². The van der Waals surface area contributed by atoms with Crippen molar-refractivity contribution in [3.8, 4) is 44.5 Å². The molecule has 2 heteroatoms. The summed E-state index contributed by atoms with van der Waals surface area (Å²) in [5.41, 5.74) is 31.5. The van der Waals surface area contributed by atoms with Crippen LogP contribution in [0, 0.1) is 12.3 Å². The molecule has 3 N–H and O–H groups in total. The molecule has 0 aromatic heterocycles. The second-order valence-corrected chi connectivity index (χ2v) is 20.5. The fraction of sp³-hybridized carbons (Fsp3) is 0.110. The Morgan fingerprint density at radius 1 is 0.400 bits per heavy atom. The number of nitrogens with two attached hydrogens (primary N) is 1. The van der Waals surface area contributed by atoms with Crippen molar-refractivity contribution in [1.82, 2.24) is 0 Å². The predicted molar refractivity (Wildman–Crippen MR) is 317 cm³/mol. The van der Waals surface area contributed by atoms with Crippen molar-refractivity contribution >= 4 is 17.4 Å². The summed E-state index contributed by atoms with van der Waals surface area (Å²) < 4.78 is 0. The third kappa shape index (κ3) is 9.24. The number of allylic oxidation sites excluding steroid dienone is 4. The third-order valence-corrected chi connectivity index (χ3v) is 15.6. The maximum absolute atomic E-state index is 8.56. The van der Waals surface area contributed by atoms with Gasteiger partial charge >= 0.3 is 0 Å². The average molecular weight is 967 g/mol. The first-order valence-corrected chi connectivity index (χ1v) is 26.3. The van der Waals surface area contributed by atoms with Crippen molar-refractivity contribution in [2.24, 2.45) is 5.73 Å². The lowest BCUT2D eigenvalue weighted by atomic mass is 9.55. The Hall–Kier alpha value is -8.69. The molecule has 0 radical (unpaired) electrons. The highest BCUT2D eigenvalue weighted by Gasteiger charge is 2.53. The van der Waals surface area contributed by atoms with Gasteiger partial charge in [-0.1, -0.05) is 256 Å². The number of aryl methyl sites for hydroxylation is 1. The Kier molecular flexibility index (Phi) is 13.6. The molecule has 364 valence electrons. The van der Waals surface area contributed by atoms with Gasteiger partial charge in [-0.3, -0.25) is 0 Å². The summed E-state index contributed by atoms with van der Waals surface area (Å²) in [4.78, 5) is 0. The van der Waals surface area contributed by atoms with Gasteiger partial charge in [0.25, 0.3) is 0 Å². The van der Waals surface area contributed by atoms with Gasteiger partial charge in [0.15, 0.2) is 0 Å². The minimum absolute atomic E-state index is 0.139. The van der Waals surface area contributed by atoms with E-state index in [0.717, 1.165) is 18.4 Å². The van der Waals surface area contributed by atoms with Crippen molar-refractivity contribution in [2.75, 3.05) is 0 Å². The van der Waals surface area contributed by atoms with Gasteiger partial charge in [0.05, 0.1) is 5.41 Å². The van der Waals surface area contributed by atoms with E-state index in [1.807, 2.05) is 36.4 Å². The van der Waals surface area contributed by atoms with Gasteiger partial charge < -0.3 is 11.1 Å². The minimum atomic E-state index is -0.459. The van der Waals surface area contributed by atoms with Crippen LogP contribution in [0.4, 0.5) is 0 Å². The molecule has 10 aromatic carbocycles. The molecular weight excluding hydrogens is 905 g/mol. The summed E-state index contributed by atoms with van der Waals surface area (Å²) in [6.07, 6.45) is 8.17. The molecule has 2 nitrogen and oxygen atoms in total. The van der Waals surface area contributed by atoms with Crippen LogP contribution in [0.5, 0.6) is 0 Å². The van der Waals surface area contributed by atoms with Crippen LogP contribution in [0.1, 0.15) is 87.9 Å². The molecule has 0 amide bonds. The molecule has 0 saturated carbocycles. The Labute approximate surface area is 443 Å². The Balaban J connectivity index is 0.000000237. The van der Waals surface area contributed by atoms with Gasteiger partial charge in [0.2, 0.25) is 0 Å². The smallest absolute Gasteiger partial charge is 0.0719 e. The summed E-state index contributed by atoms with van der Waals surface area (Å²) >= 11 is 0. The largest absolute Gasteiger partial charge is 0.326 e. The average Bonchev–Trinajstić information content (AvgIpc) is 3.86. The van der Waals surface area contributed by atoms with E-state index in [1.54, 1.807) is 6.21 Å². The highest BCUT2D eigenvalue weighted by molar-refractivity contribution is 5.99. The second kappa shape index (κ2) is 21.0. The van der Waals surface area contributed by atoms with E-state index in [-0.39, 0.29) is 5.41 Å². The lowest BCUT2D eigenvalue weighted by Crippen LogP contribution is -2.40. The summed E-state index contributed by atoms with van der Waals surface area (Å²) in [6.45, 7) is 7.42. The standard InChI is InChI=1S/C53H41N.C13H13N.C7H8/c1-52(2)46-19-9-11-21-48(46)53(49-22-12-10-20-47(49)52)45-29-28-39(33-44(45)51-40(34-54)18-13-23-50(51)53)37-24-26-38(27-25-37)43-31-41(35-14-5-3-6-15-35)30-42(32-43)36-16-7-4-8-17-36;14-10-11-6-8-13(9-7-11)12-4-2-1-3-5-12;1-7-5-3-2-4-6-7/h3-24,26,28-34,54H,25,27H2,1-2H3;1-9H,10,14H2;2-6H,1H3. The molecule has 0 aliphatic heterocycles. The van der Waals surface area contributed by atoms with Crippen molar-refractivity contribution in [1.29, 1.82) is 5.41 Å². The molecule has 13 rings (SSSR count). The highest BCUT2D eigenvalue weighted by atomic mass is 14.6. The number of hydrogen-bond donors (Lipinski definition) is 2. The summed E-state index contributed by atoms with van der Waals surface area (Å²) in [6, 6.07) is 89.3. The first-order valence-electron chi connectivity index (χ1n) is 26.3. The van der Waals surface area contributed by atoms with Crippen molar-refractivity contribution in [3.63, 3.8) is 0 Å². The highest BCUT2D eigenvalue weighted by Crippen LogP contribution is 2.62. The van der Waals surface area contributed by atoms with Crippen LogP contribution < -0.4 is 5.73 Å². The molecule has 3 aliphatic rings. The lowest BCUT2D eigenvalue weighted by molar-refractivity contribution is 0.563. The summed E-state index contributed by atoms with van der Waals surface area (Å²) in [5, 5.41) is 8.56. The molecule has 0 unspecified atom stereocenters. The Morgan fingerprint density at radius 3 is 1.31 bits per heavy atom. The van der Waals surface area contributed by atoms with Crippen LogP contribution in [0.15, 0.2) is 261 Å². The Morgan fingerprint density at radius 2 is 0.827 bits per heavy atom. The van der Waals surface area contributed by atoms with Crippen molar-refractivity contribution in [3.05, 3.63) is 322 Å². The van der Waals surface area contributed by atoms with E-state index in [9.17, 15) is 0 Å². The summed E-state index contributed by atoms with van der Waals surface area (Å²) in [7, 11) is 0. The van der Waals surface area contributed by atoms with Gasteiger partial charge in [0.1, 0.15) is 0 Å². The quantitative estimate of drug-likeness (QED) is 0.154. The molecule has 0 bridgehead atoms. The molecule has 0 heterocycles. The van der Waals surface area contributed by atoms with Crippen LogP contribution in [-0.4, -0.2) is 6.21 Å². The molecular formula is C73H62N2. The zero-order valence-corrected chi connectivity index (χ0v) is 43.1. The van der Waals surface area contributed by atoms with Gasteiger partial charge in [-0.05, 0) is 150 Å². The molecule has 0 saturated heterocycles. The molecule has 0 atom stereocenters. The van der Waals surface area contributed by atoms with Crippen molar-refractivity contribution in [2.45, 2.75) is 51.0 Å². The number of benzene rings is 10. The van der Waals surface area contributed by atoms with Crippen LogP contribution in [0.25, 0.3) is 55.7 Å². The van der Waals surface area contributed by atoms with E-state index >= 15 is 0 Å². The van der Waals surface area contributed by atoms with Gasteiger partial charge in [-0.2, -0.15) is 0 Å². The van der Waals surface area contributed by atoms with Crippen LogP contribution in [0.3, 0.4) is 0 Å². The first kappa shape index (κ1) is 48.6. The summed E-state index contributed by atoms with van der Waals surface area (Å²) in [5.74, 6) is 0. The number of hydrogen-bond acceptors (Lipinski definition) is 2. The van der Waals surface area contributed by atoms with Gasteiger partial charge in [-0.15, -0.1) is 0 Å². The third-order valence-electron chi connectivity index (χ3n) is 15.6. The Bertz CT molecular complexity index is 3610. The minimum Gasteiger partial charge on any atom is -0.326 e. The lowest BCUT2D eigenvalue weighted by Gasteiger charge is -2.46. The topological polar surface area (TPSA) is 49.9 Å². The normalized spacial score (nSPS) is 14.0. The number of rotatable bonds is 7. The van der Waals surface area contributed by atoms with Crippen LogP contribution >= 0.6 is 0 Å². The van der Waals surface area contributed by atoms with Gasteiger partial charge in [0, 0.05) is 23.7 Å². The SMILES string of the molecule is CC1(C)c2ccccc2C2(c3ccc(C4=CC=C(c5cc(-c6ccccc6)cc(-c6ccccc6)c5)CC4)cc3-c3c(C=N)cccc32)c2ccccc21.Cc1ccccc1.NCc1ccc(-c2ccccc2)cc1. The molecule has 3 aliphatic carbocycles. The van der Waals surface area contributed by atoms with E-state index in [0.29, 0.717) is 6.54 Å². The van der Waals surface area contributed by atoms with E-state index in [4.69, 9.17) is 11.1 Å². The second-order valence-electron chi connectivity index (χ2n) is 20.5. The molecule has 0 fully saturated rings. The molecule has 75 heavy (non-hydrogen) atoms. The molecule has 10 aromatic rings. The monoisotopic (exact) mass is 966 g/mol. The maximum atomic E-state index is 8.56. The van der Waals surface area contributed by atoms with Crippen LogP contribution in [0.2, 0.25) is 0 Å². The van der Waals surface area contributed by atoms with Crippen molar-refractivity contribution < 1.29 is 0 Å². The molecule has 1 spiro atoms. The zero-order chi connectivity index (χ0) is 51.4. The van der Waals surface area contributed by atoms with Crippen LogP contribution in [-0.2, 0) is 17.4 Å². The number of fused-ring (bicyclic) bond motifs is 9. The zero-order valence-electron chi connectivity index (χ0n) is 43.1. The first-order chi connectivity index (χ1) is 36.8. The fourth-order valence-corrected chi connectivity index (χ4v) is 11.8.